The van der Waals surface area contributed by atoms with E-state index in [-0.39, 0.29) is 12.6 Å². The molecule has 0 bridgehead atoms. The molecule has 0 saturated carbocycles. The first-order valence-electron chi connectivity index (χ1n) is 3.98. The van der Waals surface area contributed by atoms with Gasteiger partial charge in [0.25, 0.3) is 0 Å². The van der Waals surface area contributed by atoms with Crippen LogP contribution in [0.25, 0.3) is 0 Å². The van der Waals surface area contributed by atoms with Crippen molar-refractivity contribution in [1.82, 2.24) is 5.01 Å². The van der Waals surface area contributed by atoms with E-state index < -0.39 is 0 Å². The Morgan fingerprint density at radius 1 is 1.75 bits per heavy atom. The van der Waals surface area contributed by atoms with E-state index in [2.05, 4.69) is 11.4 Å². The van der Waals surface area contributed by atoms with Crippen LogP contribution in [0.15, 0.2) is 11.4 Å². The minimum atomic E-state index is 0.104. The molecule has 1 unspecified atom stereocenters. The van der Waals surface area contributed by atoms with Gasteiger partial charge >= 0.3 is 0 Å². The lowest BCUT2D eigenvalue weighted by Crippen LogP contribution is -2.46. The minimum Gasteiger partial charge on any atom is -0.395 e. The maximum atomic E-state index is 9.01. The molecule has 1 aliphatic rings. The largest absolute Gasteiger partial charge is 0.395 e. The van der Waals surface area contributed by atoms with Gasteiger partial charge in [0.15, 0.2) is 0 Å². The van der Waals surface area contributed by atoms with Crippen LogP contribution in [0.3, 0.4) is 0 Å². The lowest BCUT2D eigenvalue weighted by molar-refractivity contribution is 0.109. The van der Waals surface area contributed by atoms with Crippen LogP contribution < -0.4 is 5.84 Å². The molecule has 3 N–H and O–H groups in total. The molecule has 4 heteroatoms. The van der Waals surface area contributed by atoms with Gasteiger partial charge in [-0.1, -0.05) is 0 Å². The molecule has 1 aromatic heterocycles. The maximum absolute atomic E-state index is 9.01. The number of aliphatic hydroxyl groups is 1. The molecule has 0 spiro atoms. The molecule has 12 heavy (non-hydrogen) atoms. The second kappa shape index (κ2) is 3.14. The van der Waals surface area contributed by atoms with Gasteiger partial charge in [0.05, 0.1) is 12.6 Å². The van der Waals surface area contributed by atoms with Crippen LogP contribution in [0.2, 0.25) is 0 Å². The van der Waals surface area contributed by atoms with Crippen molar-refractivity contribution in [2.24, 2.45) is 5.84 Å². The lowest BCUT2D eigenvalue weighted by atomic mass is 10.0. The summed E-state index contributed by atoms with van der Waals surface area (Å²) in [5.74, 6) is 5.74. The van der Waals surface area contributed by atoms with Gasteiger partial charge in [0.1, 0.15) is 0 Å². The Morgan fingerprint density at radius 2 is 2.58 bits per heavy atom. The van der Waals surface area contributed by atoms with Crippen LogP contribution in [0.1, 0.15) is 10.4 Å². The second-order valence-corrected chi connectivity index (χ2v) is 4.08. The highest BCUT2D eigenvalue weighted by atomic mass is 32.1. The molecule has 3 nitrogen and oxygen atoms in total. The van der Waals surface area contributed by atoms with E-state index in [0.717, 1.165) is 13.0 Å². The number of aliphatic hydroxyl groups excluding tert-OH is 1. The van der Waals surface area contributed by atoms with Gasteiger partial charge in [-0.15, -0.1) is 11.3 Å². The molecule has 0 saturated heterocycles. The summed E-state index contributed by atoms with van der Waals surface area (Å²) in [5.41, 5.74) is 1.35. The van der Waals surface area contributed by atoms with E-state index in [1.54, 1.807) is 16.3 Å². The predicted octanol–water partition coefficient (Wildman–Crippen LogP) is 0.341. The molecule has 0 fully saturated rings. The number of thiophene rings is 1. The van der Waals surface area contributed by atoms with Crippen LogP contribution >= 0.6 is 11.3 Å². The van der Waals surface area contributed by atoms with Crippen LogP contribution in [-0.2, 0) is 13.0 Å². The molecule has 0 radical (unpaired) electrons. The molecule has 2 heterocycles. The van der Waals surface area contributed by atoms with Crippen molar-refractivity contribution in [1.29, 1.82) is 0 Å². The van der Waals surface area contributed by atoms with E-state index in [1.165, 1.54) is 10.4 Å². The third-order valence-corrected chi connectivity index (χ3v) is 3.25. The minimum absolute atomic E-state index is 0.104. The fourth-order valence-corrected chi connectivity index (χ4v) is 2.45. The van der Waals surface area contributed by atoms with E-state index in [0.29, 0.717) is 0 Å². The highest BCUT2D eigenvalue weighted by molar-refractivity contribution is 7.10. The molecule has 66 valence electrons. The number of hydrogen-bond donors (Lipinski definition) is 2. The Labute approximate surface area is 75.4 Å². The van der Waals surface area contributed by atoms with E-state index in [1.807, 2.05) is 0 Å². The molecule has 1 aromatic rings. The zero-order chi connectivity index (χ0) is 8.55. The second-order valence-electron chi connectivity index (χ2n) is 3.08. The third-order valence-electron chi connectivity index (χ3n) is 2.30. The van der Waals surface area contributed by atoms with E-state index >= 15 is 0 Å². The van der Waals surface area contributed by atoms with Crippen molar-refractivity contribution in [3.05, 3.63) is 21.9 Å². The Bertz CT molecular complexity index is 274. The molecule has 0 aromatic carbocycles. The van der Waals surface area contributed by atoms with E-state index in [4.69, 9.17) is 10.9 Å². The summed E-state index contributed by atoms with van der Waals surface area (Å²) in [6.45, 7) is 0.921. The van der Waals surface area contributed by atoms with Crippen molar-refractivity contribution < 1.29 is 5.11 Å². The maximum Gasteiger partial charge on any atom is 0.0604 e. The summed E-state index contributed by atoms with van der Waals surface area (Å²) in [4.78, 5) is 1.34. The Balaban J connectivity index is 2.23. The van der Waals surface area contributed by atoms with Crippen LogP contribution in [0.5, 0.6) is 0 Å². The molecular weight excluding hydrogens is 172 g/mol. The normalized spacial score (nSPS) is 24.0. The summed E-state index contributed by atoms with van der Waals surface area (Å²) in [5, 5.41) is 12.8. The standard InChI is InChI=1S/C8H12N2OS/c9-10-4-8-6(1-2-12-8)3-7(10)5-11/h1-2,7,11H,3-5,9H2. The van der Waals surface area contributed by atoms with Gasteiger partial charge in [0.2, 0.25) is 0 Å². The van der Waals surface area contributed by atoms with Gasteiger partial charge in [-0.05, 0) is 23.4 Å². The molecule has 0 amide bonds. The van der Waals surface area contributed by atoms with Crippen LogP contribution in [-0.4, -0.2) is 22.8 Å². The average molecular weight is 184 g/mol. The molecular formula is C8H12N2OS. The number of hydrogen-bond acceptors (Lipinski definition) is 4. The highest BCUT2D eigenvalue weighted by Crippen LogP contribution is 2.25. The number of rotatable bonds is 1. The molecule has 0 aliphatic carbocycles. The van der Waals surface area contributed by atoms with Gasteiger partial charge in [0, 0.05) is 11.4 Å². The molecule has 1 aliphatic heterocycles. The van der Waals surface area contributed by atoms with Crippen molar-refractivity contribution in [2.75, 3.05) is 6.61 Å². The zero-order valence-corrected chi connectivity index (χ0v) is 7.55. The van der Waals surface area contributed by atoms with Crippen molar-refractivity contribution >= 4 is 11.3 Å². The summed E-state index contributed by atoms with van der Waals surface area (Å²) >= 11 is 1.74. The Hall–Kier alpha value is -0.420. The summed E-state index contributed by atoms with van der Waals surface area (Å²) < 4.78 is 0. The van der Waals surface area contributed by atoms with Crippen molar-refractivity contribution in [2.45, 2.75) is 19.0 Å². The van der Waals surface area contributed by atoms with Crippen molar-refractivity contribution in [3.63, 3.8) is 0 Å². The highest BCUT2D eigenvalue weighted by Gasteiger charge is 2.23. The van der Waals surface area contributed by atoms with E-state index in [9.17, 15) is 0 Å². The quantitative estimate of drug-likeness (QED) is 0.619. The van der Waals surface area contributed by atoms with Gasteiger partial charge in [-0.2, -0.15) is 0 Å². The van der Waals surface area contributed by atoms with Crippen molar-refractivity contribution in [3.8, 4) is 0 Å². The summed E-state index contributed by atoms with van der Waals surface area (Å²) in [6.07, 6.45) is 0.881. The number of fused-ring (bicyclic) bond motifs is 1. The first-order valence-corrected chi connectivity index (χ1v) is 4.86. The first-order chi connectivity index (χ1) is 5.81. The number of hydrazine groups is 1. The number of nitrogens with zero attached hydrogens (tertiary/aromatic N) is 1. The molecule has 2 rings (SSSR count). The summed E-state index contributed by atoms with van der Waals surface area (Å²) in [6, 6.07) is 2.22. The fraction of sp³-hybridized carbons (Fsp3) is 0.500. The third kappa shape index (κ3) is 1.27. The fourth-order valence-electron chi connectivity index (χ4n) is 1.52. The topological polar surface area (TPSA) is 49.5 Å². The SMILES string of the molecule is NN1Cc2sccc2CC1CO. The monoisotopic (exact) mass is 184 g/mol. The summed E-state index contributed by atoms with van der Waals surface area (Å²) in [7, 11) is 0. The zero-order valence-electron chi connectivity index (χ0n) is 6.73. The number of nitrogens with two attached hydrogens (primary N) is 1. The predicted molar refractivity (Wildman–Crippen MR) is 48.6 cm³/mol. The van der Waals surface area contributed by atoms with Gasteiger partial charge < -0.3 is 5.11 Å². The lowest BCUT2D eigenvalue weighted by Gasteiger charge is -2.30. The van der Waals surface area contributed by atoms with Gasteiger partial charge in [-0.3, -0.25) is 5.84 Å². The van der Waals surface area contributed by atoms with Crippen LogP contribution in [0, 0.1) is 0 Å². The Morgan fingerprint density at radius 3 is 3.33 bits per heavy atom. The smallest absolute Gasteiger partial charge is 0.0604 e. The Kier molecular flexibility index (Phi) is 2.14. The average Bonchev–Trinajstić information content (AvgIpc) is 2.49. The van der Waals surface area contributed by atoms with Crippen LogP contribution in [0.4, 0.5) is 0 Å². The first kappa shape index (κ1) is 8.19. The molecule has 1 atom stereocenters. The van der Waals surface area contributed by atoms with Gasteiger partial charge in [-0.25, -0.2) is 5.01 Å².